The number of aromatic nitrogens is 1. The van der Waals surface area contributed by atoms with Crippen molar-refractivity contribution in [2.45, 2.75) is 36.9 Å². The summed E-state index contributed by atoms with van der Waals surface area (Å²) in [4.78, 5) is 19.5. The van der Waals surface area contributed by atoms with Crippen molar-refractivity contribution >= 4 is 40.4 Å². The molecule has 3 rings (SSSR count). The Morgan fingerprint density at radius 2 is 2.10 bits per heavy atom. The van der Waals surface area contributed by atoms with Gasteiger partial charge in [-0.2, -0.15) is 0 Å². The molecule has 1 fully saturated rings. The van der Waals surface area contributed by atoms with E-state index >= 15 is 0 Å². The summed E-state index contributed by atoms with van der Waals surface area (Å²) >= 11 is 5.02. The lowest BCUT2D eigenvalue weighted by molar-refractivity contribution is -0.139. The van der Waals surface area contributed by atoms with Gasteiger partial charge in [0.15, 0.2) is 0 Å². The molecular formula is C14H16N2O2S3. The third-order valence-electron chi connectivity index (χ3n) is 3.41. The van der Waals surface area contributed by atoms with E-state index in [1.807, 2.05) is 20.0 Å². The molecule has 7 heteroatoms. The highest BCUT2D eigenvalue weighted by Crippen LogP contribution is 2.47. The minimum absolute atomic E-state index is 0.0547. The number of thioether (sulfide) groups is 1. The lowest BCUT2D eigenvalue weighted by atomic mass is 10.0. The van der Waals surface area contributed by atoms with E-state index in [1.54, 1.807) is 34.4 Å². The van der Waals surface area contributed by atoms with E-state index in [4.69, 9.17) is 0 Å². The molecule has 2 atom stereocenters. The van der Waals surface area contributed by atoms with Gasteiger partial charge in [-0.1, -0.05) is 0 Å². The first-order valence-corrected chi connectivity index (χ1v) is 9.07. The van der Waals surface area contributed by atoms with Crippen LogP contribution in [0.2, 0.25) is 0 Å². The summed E-state index contributed by atoms with van der Waals surface area (Å²) < 4.78 is -0.345. The van der Waals surface area contributed by atoms with Crippen molar-refractivity contribution in [1.29, 1.82) is 0 Å². The third-order valence-corrected chi connectivity index (χ3v) is 7.26. The molecule has 0 aromatic carbocycles. The Morgan fingerprint density at radius 3 is 2.67 bits per heavy atom. The van der Waals surface area contributed by atoms with Crippen LogP contribution in [0.5, 0.6) is 0 Å². The van der Waals surface area contributed by atoms with Crippen molar-refractivity contribution in [2.75, 3.05) is 0 Å². The standard InChI is InChI=1S/C14H16N2O2S3/c1-7-4-5-8(19-7)9-6-15-11(20-9)12-16-10(13(17)18)14(2,3)21-12/h4-6,10,12,16H,1-3H3,(H,17,18). The molecule has 0 saturated carbocycles. The quantitative estimate of drug-likeness (QED) is 0.891. The lowest BCUT2D eigenvalue weighted by Gasteiger charge is -2.20. The van der Waals surface area contributed by atoms with E-state index in [0.29, 0.717) is 0 Å². The monoisotopic (exact) mass is 340 g/mol. The number of thiazole rings is 1. The van der Waals surface area contributed by atoms with Gasteiger partial charge in [-0.05, 0) is 32.9 Å². The summed E-state index contributed by atoms with van der Waals surface area (Å²) in [6, 6.07) is 3.66. The van der Waals surface area contributed by atoms with Crippen molar-refractivity contribution < 1.29 is 9.90 Å². The van der Waals surface area contributed by atoms with E-state index in [9.17, 15) is 9.90 Å². The maximum atomic E-state index is 11.3. The lowest BCUT2D eigenvalue weighted by Crippen LogP contribution is -2.43. The molecule has 21 heavy (non-hydrogen) atoms. The summed E-state index contributed by atoms with van der Waals surface area (Å²) in [5, 5.41) is 13.4. The maximum absolute atomic E-state index is 11.3. The number of carbonyl (C=O) groups is 1. The highest BCUT2D eigenvalue weighted by molar-refractivity contribution is 8.01. The van der Waals surface area contributed by atoms with E-state index in [2.05, 4.69) is 29.4 Å². The van der Waals surface area contributed by atoms with Crippen molar-refractivity contribution in [3.05, 3.63) is 28.2 Å². The zero-order valence-corrected chi connectivity index (χ0v) is 14.4. The van der Waals surface area contributed by atoms with Crippen molar-refractivity contribution in [3.63, 3.8) is 0 Å². The molecule has 1 aliphatic rings. The molecule has 1 aliphatic heterocycles. The van der Waals surface area contributed by atoms with Gasteiger partial charge in [-0.3, -0.25) is 10.1 Å². The molecule has 0 bridgehead atoms. The molecule has 3 heterocycles. The number of carboxylic acids is 1. The predicted molar refractivity (Wildman–Crippen MR) is 89.1 cm³/mol. The normalized spacial score (nSPS) is 24.3. The molecular weight excluding hydrogens is 324 g/mol. The fourth-order valence-electron chi connectivity index (χ4n) is 2.34. The van der Waals surface area contributed by atoms with E-state index < -0.39 is 12.0 Å². The molecule has 0 spiro atoms. The third kappa shape index (κ3) is 2.88. The number of thiophene rings is 1. The molecule has 4 nitrogen and oxygen atoms in total. The Balaban J connectivity index is 1.83. The van der Waals surface area contributed by atoms with Crippen molar-refractivity contribution in [2.24, 2.45) is 0 Å². The Labute approximate surface area is 135 Å². The van der Waals surface area contributed by atoms with Gasteiger partial charge in [-0.25, -0.2) is 4.98 Å². The van der Waals surface area contributed by atoms with Gasteiger partial charge < -0.3 is 5.11 Å². The van der Waals surface area contributed by atoms with Crippen LogP contribution in [0.4, 0.5) is 0 Å². The number of aliphatic carboxylic acids is 1. The van der Waals surface area contributed by atoms with Crippen LogP contribution in [0.1, 0.15) is 29.1 Å². The minimum Gasteiger partial charge on any atom is -0.480 e. The minimum atomic E-state index is -0.805. The molecule has 2 unspecified atom stereocenters. The van der Waals surface area contributed by atoms with Crippen LogP contribution in [0.3, 0.4) is 0 Å². The fourth-order valence-corrected chi connectivity index (χ4v) is 5.71. The van der Waals surface area contributed by atoms with Gasteiger partial charge in [0.2, 0.25) is 0 Å². The van der Waals surface area contributed by atoms with Crippen LogP contribution in [0, 0.1) is 6.92 Å². The van der Waals surface area contributed by atoms with Crippen molar-refractivity contribution in [1.82, 2.24) is 10.3 Å². The predicted octanol–water partition coefficient (Wildman–Crippen LogP) is 3.75. The topological polar surface area (TPSA) is 62.2 Å². The average Bonchev–Trinajstić information content (AvgIpc) is 3.06. The molecule has 0 aliphatic carbocycles. The number of hydrogen-bond donors (Lipinski definition) is 2. The molecule has 112 valence electrons. The second-order valence-corrected chi connectivity index (χ2v) is 9.62. The van der Waals surface area contributed by atoms with Crippen LogP contribution in [0.25, 0.3) is 9.75 Å². The number of nitrogens with one attached hydrogen (secondary N) is 1. The summed E-state index contributed by atoms with van der Waals surface area (Å²) in [5.74, 6) is -0.805. The van der Waals surface area contributed by atoms with Crippen LogP contribution < -0.4 is 5.32 Å². The van der Waals surface area contributed by atoms with Gasteiger partial charge >= 0.3 is 5.97 Å². The van der Waals surface area contributed by atoms with E-state index in [0.717, 1.165) is 9.88 Å². The van der Waals surface area contributed by atoms with Gasteiger partial charge in [0.05, 0.1) is 4.88 Å². The van der Waals surface area contributed by atoms with Crippen LogP contribution in [-0.2, 0) is 4.79 Å². The Hall–Kier alpha value is -0.890. The van der Waals surface area contributed by atoms with Crippen LogP contribution in [0.15, 0.2) is 18.3 Å². The molecule has 2 aromatic rings. The van der Waals surface area contributed by atoms with Crippen LogP contribution in [-0.4, -0.2) is 26.8 Å². The largest absolute Gasteiger partial charge is 0.480 e. The van der Waals surface area contributed by atoms with E-state index in [1.165, 1.54) is 9.75 Å². The fraction of sp³-hybridized carbons (Fsp3) is 0.429. The summed E-state index contributed by atoms with van der Waals surface area (Å²) in [7, 11) is 0. The SMILES string of the molecule is Cc1ccc(-c2cnc(C3NC(C(=O)O)C(C)(C)S3)s2)s1. The second kappa shape index (κ2) is 5.39. The Kier molecular flexibility index (Phi) is 3.85. The zero-order valence-electron chi connectivity index (χ0n) is 11.9. The maximum Gasteiger partial charge on any atom is 0.322 e. The first-order chi connectivity index (χ1) is 9.87. The highest BCUT2D eigenvalue weighted by atomic mass is 32.2. The summed E-state index contributed by atoms with van der Waals surface area (Å²) in [5.41, 5.74) is 0. The molecule has 0 amide bonds. The number of rotatable bonds is 3. The van der Waals surface area contributed by atoms with Crippen molar-refractivity contribution in [3.8, 4) is 9.75 Å². The summed E-state index contributed by atoms with van der Waals surface area (Å²) in [6.45, 7) is 6.01. The van der Waals surface area contributed by atoms with E-state index in [-0.39, 0.29) is 10.1 Å². The molecule has 1 saturated heterocycles. The first-order valence-electron chi connectivity index (χ1n) is 6.56. The Bertz CT molecular complexity index is 677. The molecule has 2 N–H and O–H groups in total. The summed E-state index contributed by atoms with van der Waals surface area (Å²) in [6.07, 6.45) is 1.88. The van der Waals surface area contributed by atoms with Gasteiger partial charge in [-0.15, -0.1) is 34.4 Å². The molecule has 2 aromatic heterocycles. The van der Waals surface area contributed by atoms with Gasteiger partial charge in [0.25, 0.3) is 0 Å². The highest BCUT2D eigenvalue weighted by Gasteiger charge is 2.46. The Morgan fingerprint density at radius 1 is 1.33 bits per heavy atom. The molecule has 0 radical (unpaired) electrons. The second-order valence-electron chi connectivity index (χ2n) is 5.51. The van der Waals surface area contributed by atoms with Gasteiger partial charge in [0.1, 0.15) is 16.4 Å². The van der Waals surface area contributed by atoms with Crippen LogP contribution >= 0.6 is 34.4 Å². The first kappa shape index (κ1) is 15.0. The zero-order chi connectivity index (χ0) is 15.2. The smallest absolute Gasteiger partial charge is 0.322 e. The number of carboxylic acid groups (broad SMARTS) is 1. The average molecular weight is 340 g/mol. The van der Waals surface area contributed by atoms with Gasteiger partial charge in [0, 0.05) is 20.7 Å². The number of hydrogen-bond acceptors (Lipinski definition) is 6. The number of aryl methyl sites for hydroxylation is 1. The number of nitrogens with zero attached hydrogens (tertiary/aromatic N) is 1.